The first kappa shape index (κ1) is 16.2. The monoisotopic (exact) mass is 346 g/mol. The topological polar surface area (TPSA) is 111 Å². The van der Waals surface area contributed by atoms with Crippen molar-refractivity contribution < 1.29 is 9.47 Å². The molecule has 9 heteroatoms. The first-order chi connectivity index (χ1) is 11.7. The molecule has 2 heterocycles. The number of aromatic nitrogens is 4. The smallest absolute Gasteiger partial charge is 0.223 e. The van der Waals surface area contributed by atoms with Gasteiger partial charge in [-0.25, -0.2) is 9.97 Å². The Kier molecular flexibility index (Phi) is 4.90. The number of methoxy groups -OCH3 is 2. The number of benzene rings is 1. The Labute approximate surface area is 143 Å². The highest BCUT2D eigenvalue weighted by atomic mass is 32.2. The van der Waals surface area contributed by atoms with E-state index in [1.807, 2.05) is 18.2 Å². The molecule has 0 aliphatic carbocycles. The van der Waals surface area contributed by atoms with Crippen molar-refractivity contribution in [1.82, 2.24) is 19.9 Å². The summed E-state index contributed by atoms with van der Waals surface area (Å²) in [7, 11) is 3.23. The van der Waals surface area contributed by atoms with Gasteiger partial charge in [-0.15, -0.1) is 11.8 Å². The first-order valence-corrected chi connectivity index (χ1v) is 8.25. The second-order valence-corrected chi connectivity index (χ2v) is 5.92. The van der Waals surface area contributed by atoms with Crippen LogP contribution in [0, 0.1) is 0 Å². The van der Waals surface area contributed by atoms with Gasteiger partial charge in [-0.2, -0.15) is 4.98 Å². The van der Waals surface area contributed by atoms with Gasteiger partial charge < -0.3 is 25.5 Å². The number of imidazole rings is 1. The number of nitrogens with two attached hydrogens (primary N) is 1. The lowest BCUT2D eigenvalue weighted by atomic mass is 10.2. The van der Waals surface area contributed by atoms with E-state index < -0.39 is 0 Å². The molecule has 0 atom stereocenters. The van der Waals surface area contributed by atoms with E-state index in [0.717, 1.165) is 28.5 Å². The summed E-state index contributed by atoms with van der Waals surface area (Å²) in [4.78, 5) is 15.5. The van der Waals surface area contributed by atoms with Crippen LogP contribution in [0.1, 0.15) is 0 Å². The lowest BCUT2D eigenvalue weighted by Crippen LogP contribution is -2.05. The molecule has 3 rings (SSSR count). The Morgan fingerprint density at radius 3 is 2.83 bits per heavy atom. The minimum absolute atomic E-state index is 0.227. The van der Waals surface area contributed by atoms with Crippen LogP contribution < -0.4 is 20.5 Å². The molecule has 0 saturated heterocycles. The van der Waals surface area contributed by atoms with Gasteiger partial charge in [0.1, 0.15) is 10.5 Å². The summed E-state index contributed by atoms with van der Waals surface area (Å²) in [5.74, 6) is 2.43. The van der Waals surface area contributed by atoms with E-state index in [1.165, 1.54) is 0 Å². The molecule has 0 bridgehead atoms. The Bertz CT molecular complexity index is 838. The third-order valence-corrected chi connectivity index (χ3v) is 4.30. The van der Waals surface area contributed by atoms with Crippen LogP contribution >= 0.6 is 11.8 Å². The van der Waals surface area contributed by atoms with Gasteiger partial charge in [-0.05, 0) is 12.1 Å². The molecule has 4 N–H and O–H groups in total. The number of thioether (sulfide) groups is 1. The van der Waals surface area contributed by atoms with Crippen molar-refractivity contribution >= 4 is 34.6 Å². The maximum Gasteiger partial charge on any atom is 0.223 e. The molecule has 0 fully saturated rings. The number of rotatable bonds is 7. The number of nitrogens with zero attached hydrogens (tertiary/aromatic N) is 3. The number of fused-ring (bicyclic) bond motifs is 1. The van der Waals surface area contributed by atoms with Gasteiger partial charge in [0, 0.05) is 24.1 Å². The van der Waals surface area contributed by atoms with Crippen LogP contribution in [0.3, 0.4) is 0 Å². The van der Waals surface area contributed by atoms with Crippen molar-refractivity contribution in [2.24, 2.45) is 0 Å². The fourth-order valence-electron chi connectivity index (χ4n) is 2.22. The Hall–Kier alpha value is -2.68. The van der Waals surface area contributed by atoms with Crippen LogP contribution in [0.2, 0.25) is 0 Å². The van der Waals surface area contributed by atoms with Crippen LogP contribution in [0.15, 0.2) is 29.6 Å². The number of anilines is 2. The molecule has 0 unspecified atom stereocenters. The fraction of sp³-hybridized carbons (Fsp3) is 0.267. The van der Waals surface area contributed by atoms with E-state index in [0.29, 0.717) is 17.1 Å². The van der Waals surface area contributed by atoms with Crippen LogP contribution in [-0.2, 0) is 0 Å². The van der Waals surface area contributed by atoms with E-state index in [2.05, 4.69) is 25.3 Å². The van der Waals surface area contributed by atoms with Gasteiger partial charge in [-0.1, -0.05) is 0 Å². The fourth-order valence-corrected chi connectivity index (χ4v) is 3.07. The van der Waals surface area contributed by atoms with Crippen molar-refractivity contribution in [2.45, 2.75) is 5.03 Å². The Balaban J connectivity index is 1.60. The number of ether oxygens (including phenoxy) is 2. The van der Waals surface area contributed by atoms with E-state index in [4.69, 9.17) is 15.2 Å². The van der Waals surface area contributed by atoms with Gasteiger partial charge in [0.25, 0.3) is 0 Å². The molecule has 0 radical (unpaired) electrons. The lowest BCUT2D eigenvalue weighted by molar-refractivity contribution is 0.355. The molecule has 0 saturated carbocycles. The zero-order valence-corrected chi connectivity index (χ0v) is 14.2. The number of nitrogen functional groups attached to an aromatic ring is 1. The van der Waals surface area contributed by atoms with E-state index in [9.17, 15) is 0 Å². The normalized spacial score (nSPS) is 10.8. The summed E-state index contributed by atoms with van der Waals surface area (Å²) in [5, 5.41) is 4.14. The predicted molar refractivity (Wildman–Crippen MR) is 94.9 cm³/mol. The third kappa shape index (κ3) is 3.46. The average molecular weight is 346 g/mol. The number of hydrogen-bond donors (Lipinski definition) is 3. The largest absolute Gasteiger partial charge is 0.493 e. The highest BCUT2D eigenvalue weighted by Gasteiger charge is 2.09. The molecule has 0 spiro atoms. The number of aromatic amines is 1. The lowest BCUT2D eigenvalue weighted by Gasteiger charge is -2.11. The molecule has 3 aromatic rings. The second-order valence-electron chi connectivity index (χ2n) is 4.83. The highest BCUT2D eigenvalue weighted by molar-refractivity contribution is 7.99. The molecular formula is C15H18N6O2S. The zero-order valence-electron chi connectivity index (χ0n) is 13.4. The maximum absolute atomic E-state index is 5.71. The third-order valence-electron chi connectivity index (χ3n) is 3.32. The number of H-pyrrole nitrogens is 1. The summed E-state index contributed by atoms with van der Waals surface area (Å²) in [6.45, 7) is 0.750. The average Bonchev–Trinajstić information content (AvgIpc) is 3.06. The van der Waals surface area contributed by atoms with Crippen molar-refractivity contribution in [3.8, 4) is 11.5 Å². The van der Waals surface area contributed by atoms with Gasteiger partial charge >= 0.3 is 0 Å². The summed E-state index contributed by atoms with van der Waals surface area (Å²) in [6.07, 6.45) is 1.59. The van der Waals surface area contributed by atoms with Gasteiger partial charge in [0.15, 0.2) is 17.1 Å². The zero-order chi connectivity index (χ0) is 16.9. The molecule has 24 heavy (non-hydrogen) atoms. The van der Waals surface area contributed by atoms with Crippen molar-refractivity contribution in [3.63, 3.8) is 0 Å². The minimum Gasteiger partial charge on any atom is -0.493 e. The maximum atomic E-state index is 5.71. The van der Waals surface area contributed by atoms with Crippen LogP contribution in [0.5, 0.6) is 11.5 Å². The summed E-state index contributed by atoms with van der Waals surface area (Å²) >= 11 is 1.58. The number of hydrogen-bond acceptors (Lipinski definition) is 8. The van der Waals surface area contributed by atoms with Crippen molar-refractivity contribution in [3.05, 3.63) is 24.5 Å². The van der Waals surface area contributed by atoms with Crippen molar-refractivity contribution in [2.75, 3.05) is 37.6 Å². The molecule has 8 nitrogen and oxygen atoms in total. The van der Waals surface area contributed by atoms with E-state index in [1.54, 1.807) is 32.3 Å². The molecular weight excluding hydrogens is 328 g/mol. The van der Waals surface area contributed by atoms with Crippen LogP contribution in [0.25, 0.3) is 11.2 Å². The van der Waals surface area contributed by atoms with Crippen molar-refractivity contribution in [1.29, 1.82) is 0 Å². The summed E-state index contributed by atoms with van der Waals surface area (Å²) in [6, 6.07) is 5.72. The predicted octanol–water partition coefficient (Wildman–Crippen LogP) is 2.16. The standard InChI is InChI=1S/C15H18N6O2S/c1-22-10-4-3-9(7-11(10)23-2)17-5-6-24-14-12-13(19-8-18-12)20-15(16)21-14/h3-4,7-8,17H,5-6H2,1-2H3,(H3,16,18,19,20,21). The summed E-state index contributed by atoms with van der Waals surface area (Å²) in [5.41, 5.74) is 8.06. The SMILES string of the molecule is COc1ccc(NCCSc2nc(N)nc3nc[nH]c23)cc1OC. The minimum atomic E-state index is 0.227. The van der Waals surface area contributed by atoms with E-state index in [-0.39, 0.29) is 5.95 Å². The summed E-state index contributed by atoms with van der Waals surface area (Å²) < 4.78 is 10.5. The van der Waals surface area contributed by atoms with Crippen LogP contribution in [-0.4, -0.2) is 46.5 Å². The molecule has 126 valence electrons. The second kappa shape index (κ2) is 7.26. The highest BCUT2D eigenvalue weighted by Crippen LogP contribution is 2.30. The van der Waals surface area contributed by atoms with Crippen LogP contribution in [0.4, 0.5) is 11.6 Å². The first-order valence-electron chi connectivity index (χ1n) is 7.26. The Morgan fingerprint density at radius 1 is 1.21 bits per heavy atom. The molecule has 1 aromatic carbocycles. The quantitative estimate of drug-likeness (QED) is 0.339. The van der Waals surface area contributed by atoms with Gasteiger partial charge in [0.2, 0.25) is 5.95 Å². The molecule has 2 aromatic heterocycles. The molecule has 0 aliphatic heterocycles. The van der Waals surface area contributed by atoms with Gasteiger partial charge in [0.05, 0.1) is 20.5 Å². The molecule has 0 aliphatic rings. The van der Waals surface area contributed by atoms with Gasteiger partial charge in [-0.3, -0.25) is 0 Å². The molecule has 0 amide bonds. The number of nitrogens with one attached hydrogen (secondary N) is 2. The Morgan fingerprint density at radius 2 is 2.04 bits per heavy atom. The van der Waals surface area contributed by atoms with E-state index >= 15 is 0 Å².